The highest BCUT2D eigenvalue weighted by Gasteiger charge is 2.38. The molecule has 122 valence electrons. The van der Waals surface area contributed by atoms with E-state index in [1.807, 2.05) is 13.8 Å². The summed E-state index contributed by atoms with van der Waals surface area (Å²) in [5, 5.41) is 0. The fourth-order valence-electron chi connectivity index (χ4n) is 4.12. The number of nitrogens with zero attached hydrogens (tertiary/aromatic N) is 1. The molecular formula is C21H33N. The third-order valence-corrected chi connectivity index (χ3v) is 5.32. The Bertz CT molecular complexity index is 436. The smallest absolute Gasteiger partial charge is 0.0199 e. The van der Waals surface area contributed by atoms with Gasteiger partial charge in [0.2, 0.25) is 0 Å². The summed E-state index contributed by atoms with van der Waals surface area (Å²) in [6, 6.07) is 11.1. The van der Waals surface area contributed by atoms with Crippen molar-refractivity contribution < 1.29 is 0 Å². The van der Waals surface area contributed by atoms with E-state index in [2.05, 4.69) is 41.8 Å². The second kappa shape index (κ2) is 8.53. The largest absolute Gasteiger partial charge is 0.299 e. The van der Waals surface area contributed by atoms with Gasteiger partial charge in [0.1, 0.15) is 0 Å². The van der Waals surface area contributed by atoms with E-state index >= 15 is 0 Å². The molecule has 0 radical (unpaired) electrons. The second-order valence-corrected chi connectivity index (χ2v) is 6.60. The lowest BCUT2D eigenvalue weighted by molar-refractivity contribution is 0.236. The second-order valence-electron chi connectivity index (χ2n) is 6.60. The topological polar surface area (TPSA) is 3.24 Å². The molecule has 1 saturated carbocycles. The zero-order valence-corrected chi connectivity index (χ0v) is 14.6. The minimum atomic E-state index is 0.263. The molecule has 1 aliphatic carbocycles. The summed E-state index contributed by atoms with van der Waals surface area (Å²) >= 11 is 0. The standard InChI is InChI=1S/C19H27N.C2H6/c1-17(16-20-14-8-3-9-15-20)19(12-6-7-13-19)18-10-4-2-5-11-18;1-2/h2,4-5,10-11H,1,3,6-9,12-16H2;1-2H3. The molecule has 2 aliphatic rings. The van der Waals surface area contributed by atoms with Crippen molar-refractivity contribution in [2.24, 2.45) is 0 Å². The molecule has 1 heteroatoms. The van der Waals surface area contributed by atoms with Crippen LogP contribution in [0.15, 0.2) is 42.5 Å². The zero-order chi connectivity index (χ0) is 15.8. The number of piperidine rings is 1. The van der Waals surface area contributed by atoms with Gasteiger partial charge in [-0.15, -0.1) is 0 Å². The third-order valence-electron chi connectivity index (χ3n) is 5.32. The molecule has 0 aromatic heterocycles. The first-order valence-corrected chi connectivity index (χ1v) is 9.27. The number of hydrogen-bond acceptors (Lipinski definition) is 1. The Kier molecular flexibility index (Phi) is 6.70. The van der Waals surface area contributed by atoms with E-state index in [1.54, 1.807) is 0 Å². The van der Waals surface area contributed by atoms with E-state index in [0.29, 0.717) is 0 Å². The lowest BCUT2D eigenvalue weighted by Gasteiger charge is -2.36. The first-order chi connectivity index (χ1) is 10.8. The van der Waals surface area contributed by atoms with Crippen LogP contribution < -0.4 is 0 Å². The molecule has 0 bridgehead atoms. The monoisotopic (exact) mass is 299 g/mol. The molecule has 1 saturated heterocycles. The van der Waals surface area contributed by atoms with Crippen LogP contribution in [0.1, 0.15) is 64.4 Å². The van der Waals surface area contributed by atoms with E-state index in [4.69, 9.17) is 0 Å². The Labute approximate surface area is 137 Å². The van der Waals surface area contributed by atoms with Crippen molar-refractivity contribution in [2.75, 3.05) is 19.6 Å². The summed E-state index contributed by atoms with van der Waals surface area (Å²) in [4.78, 5) is 2.62. The molecule has 22 heavy (non-hydrogen) atoms. The molecular weight excluding hydrogens is 266 g/mol. The molecule has 1 aromatic rings. The highest BCUT2D eigenvalue weighted by Crippen LogP contribution is 2.46. The molecule has 1 aliphatic heterocycles. The summed E-state index contributed by atoms with van der Waals surface area (Å²) in [6.45, 7) is 12.2. The van der Waals surface area contributed by atoms with Crippen molar-refractivity contribution in [1.82, 2.24) is 4.90 Å². The lowest BCUT2D eigenvalue weighted by Crippen LogP contribution is -2.36. The van der Waals surface area contributed by atoms with Crippen molar-refractivity contribution in [1.29, 1.82) is 0 Å². The van der Waals surface area contributed by atoms with Gasteiger partial charge in [-0.2, -0.15) is 0 Å². The van der Waals surface area contributed by atoms with Crippen LogP contribution in [0.4, 0.5) is 0 Å². The van der Waals surface area contributed by atoms with Crippen LogP contribution >= 0.6 is 0 Å². The fourth-order valence-corrected chi connectivity index (χ4v) is 4.12. The van der Waals surface area contributed by atoms with Crippen molar-refractivity contribution >= 4 is 0 Å². The maximum atomic E-state index is 4.54. The van der Waals surface area contributed by atoms with E-state index < -0.39 is 0 Å². The van der Waals surface area contributed by atoms with Gasteiger partial charge in [0.05, 0.1) is 0 Å². The average Bonchev–Trinajstić information content (AvgIpc) is 3.09. The molecule has 0 unspecified atom stereocenters. The highest BCUT2D eigenvalue weighted by atomic mass is 15.1. The van der Waals surface area contributed by atoms with Crippen LogP contribution in [0, 0.1) is 0 Å². The van der Waals surface area contributed by atoms with Crippen LogP contribution in [0.3, 0.4) is 0 Å². The summed E-state index contributed by atoms with van der Waals surface area (Å²) < 4.78 is 0. The molecule has 0 amide bonds. The summed E-state index contributed by atoms with van der Waals surface area (Å²) in [6.07, 6.45) is 9.44. The number of hydrogen-bond donors (Lipinski definition) is 0. The van der Waals surface area contributed by atoms with Crippen LogP contribution in [-0.2, 0) is 5.41 Å². The van der Waals surface area contributed by atoms with Gasteiger partial charge >= 0.3 is 0 Å². The molecule has 0 N–H and O–H groups in total. The minimum absolute atomic E-state index is 0.263. The molecule has 1 aromatic carbocycles. The maximum Gasteiger partial charge on any atom is 0.0199 e. The molecule has 0 atom stereocenters. The van der Waals surface area contributed by atoms with Crippen LogP contribution in [-0.4, -0.2) is 24.5 Å². The van der Waals surface area contributed by atoms with E-state index in [-0.39, 0.29) is 5.41 Å². The molecule has 0 spiro atoms. The van der Waals surface area contributed by atoms with Gasteiger partial charge in [0, 0.05) is 12.0 Å². The van der Waals surface area contributed by atoms with Gasteiger partial charge in [0.25, 0.3) is 0 Å². The normalized spacial score (nSPS) is 21.0. The maximum absolute atomic E-state index is 4.54. The van der Waals surface area contributed by atoms with Gasteiger partial charge in [-0.25, -0.2) is 0 Å². The van der Waals surface area contributed by atoms with Crippen molar-refractivity contribution in [3.05, 3.63) is 48.0 Å². The molecule has 1 nitrogen and oxygen atoms in total. The zero-order valence-electron chi connectivity index (χ0n) is 14.6. The predicted octanol–water partition coefficient (Wildman–Crippen LogP) is 5.57. The van der Waals surface area contributed by atoms with Crippen LogP contribution in [0.5, 0.6) is 0 Å². The van der Waals surface area contributed by atoms with E-state index in [0.717, 1.165) is 6.54 Å². The average molecular weight is 300 g/mol. The minimum Gasteiger partial charge on any atom is -0.299 e. The quantitative estimate of drug-likeness (QED) is 0.657. The van der Waals surface area contributed by atoms with Gasteiger partial charge < -0.3 is 0 Å². The summed E-state index contributed by atoms with van der Waals surface area (Å²) in [5.41, 5.74) is 3.22. The Hall–Kier alpha value is -1.08. The highest BCUT2D eigenvalue weighted by molar-refractivity contribution is 5.37. The van der Waals surface area contributed by atoms with Crippen molar-refractivity contribution in [2.45, 2.75) is 64.2 Å². The Morgan fingerprint density at radius 3 is 2.14 bits per heavy atom. The first kappa shape index (κ1) is 17.3. The molecule has 2 fully saturated rings. The van der Waals surface area contributed by atoms with E-state index in [1.165, 1.54) is 69.2 Å². The van der Waals surface area contributed by atoms with Crippen molar-refractivity contribution in [3.63, 3.8) is 0 Å². The first-order valence-electron chi connectivity index (χ1n) is 9.27. The van der Waals surface area contributed by atoms with E-state index in [9.17, 15) is 0 Å². The van der Waals surface area contributed by atoms with Crippen LogP contribution in [0.2, 0.25) is 0 Å². The van der Waals surface area contributed by atoms with Crippen molar-refractivity contribution in [3.8, 4) is 0 Å². The molecule has 1 heterocycles. The van der Waals surface area contributed by atoms with Gasteiger partial charge in [-0.3, -0.25) is 4.90 Å². The summed E-state index contributed by atoms with van der Waals surface area (Å²) in [7, 11) is 0. The van der Waals surface area contributed by atoms with Crippen LogP contribution in [0.25, 0.3) is 0 Å². The summed E-state index contributed by atoms with van der Waals surface area (Å²) in [5.74, 6) is 0. The van der Waals surface area contributed by atoms with Gasteiger partial charge in [0.15, 0.2) is 0 Å². The number of benzene rings is 1. The third kappa shape index (κ3) is 3.81. The fraction of sp³-hybridized carbons (Fsp3) is 0.619. The molecule has 3 rings (SSSR count). The number of rotatable bonds is 4. The van der Waals surface area contributed by atoms with Gasteiger partial charge in [-0.05, 0) is 44.3 Å². The Balaban J connectivity index is 0.000000847. The Morgan fingerprint density at radius 2 is 1.55 bits per heavy atom. The SMILES string of the molecule is C=C(CN1CCCCC1)C1(c2ccccc2)CCCC1.CC. The number of likely N-dealkylation sites (tertiary alicyclic amines) is 1. The Morgan fingerprint density at radius 1 is 0.955 bits per heavy atom. The predicted molar refractivity (Wildman–Crippen MR) is 97.4 cm³/mol. The lowest BCUT2D eigenvalue weighted by atomic mass is 9.73. The van der Waals surface area contributed by atoms with Gasteiger partial charge in [-0.1, -0.05) is 75.6 Å².